The van der Waals surface area contributed by atoms with Crippen molar-refractivity contribution in [1.82, 2.24) is 15.0 Å². The van der Waals surface area contributed by atoms with E-state index in [1.807, 2.05) is 6.92 Å². The minimum atomic E-state index is -0.981. The second-order valence-electron chi connectivity index (χ2n) is 4.29. The number of aryl methyl sites for hydroxylation is 1. The quantitative estimate of drug-likeness (QED) is 0.876. The molecule has 0 aromatic carbocycles. The number of hydrogen-bond donors (Lipinski definition) is 2. The highest BCUT2D eigenvalue weighted by Gasteiger charge is 2.34. The summed E-state index contributed by atoms with van der Waals surface area (Å²) >= 11 is 1.45. The van der Waals surface area contributed by atoms with Crippen molar-refractivity contribution in [2.45, 2.75) is 26.2 Å². The lowest BCUT2D eigenvalue weighted by molar-refractivity contribution is -0.142. The Morgan fingerprint density at radius 1 is 1.53 bits per heavy atom. The number of aromatic amines is 1. The highest BCUT2D eigenvalue weighted by atomic mass is 32.1. The van der Waals surface area contributed by atoms with Gasteiger partial charge in [-0.1, -0.05) is 0 Å². The third-order valence-electron chi connectivity index (χ3n) is 2.62. The zero-order valence-electron chi connectivity index (χ0n) is 9.81. The molecule has 2 aromatic heterocycles. The molecule has 0 spiro atoms. The fraction of sp³-hybridized carbons (Fsp3) is 0.364. The van der Waals surface area contributed by atoms with Crippen LogP contribution in [0.2, 0.25) is 0 Å². The number of carbonyl (C=O) groups is 1. The smallest absolute Gasteiger partial charge is 0.315 e. The molecule has 5 nitrogen and oxygen atoms in total. The number of thiazole rings is 1. The number of nitrogens with zero attached hydrogens (tertiary/aromatic N) is 2. The molecule has 0 atom stereocenters. The first-order valence-electron chi connectivity index (χ1n) is 5.14. The van der Waals surface area contributed by atoms with Crippen molar-refractivity contribution in [3.63, 3.8) is 0 Å². The van der Waals surface area contributed by atoms with Gasteiger partial charge in [0.1, 0.15) is 5.41 Å². The Bertz CT molecular complexity index is 543. The average molecular weight is 251 g/mol. The first-order valence-corrected chi connectivity index (χ1v) is 5.95. The lowest BCUT2D eigenvalue weighted by Gasteiger charge is -2.17. The molecule has 90 valence electrons. The van der Waals surface area contributed by atoms with Gasteiger partial charge in [0.25, 0.3) is 0 Å². The summed E-state index contributed by atoms with van der Waals surface area (Å²) in [5.74, 6) is -0.206. The largest absolute Gasteiger partial charge is 0.481 e. The Balaban J connectivity index is 2.48. The van der Waals surface area contributed by atoms with Crippen LogP contribution < -0.4 is 0 Å². The lowest BCUT2D eigenvalue weighted by Crippen LogP contribution is -2.29. The Hall–Kier alpha value is -1.69. The molecule has 0 aliphatic rings. The summed E-state index contributed by atoms with van der Waals surface area (Å²) in [5, 5.41) is 9.92. The van der Waals surface area contributed by atoms with Crippen LogP contribution in [0, 0.1) is 6.92 Å². The number of carboxylic acid groups (broad SMARTS) is 1. The molecule has 0 aliphatic carbocycles. The SMILES string of the molecule is Cc1sc(-c2ncc[nH]2)nc1C(C)(C)C(=O)O. The summed E-state index contributed by atoms with van der Waals surface area (Å²) in [4.78, 5) is 23.6. The van der Waals surface area contributed by atoms with Crippen LogP contribution >= 0.6 is 11.3 Å². The Kier molecular flexibility index (Phi) is 2.74. The van der Waals surface area contributed by atoms with Crippen LogP contribution in [0.1, 0.15) is 24.4 Å². The van der Waals surface area contributed by atoms with Crippen molar-refractivity contribution < 1.29 is 9.90 Å². The van der Waals surface area contributed by atoms with Gasteiger partial charge in [-0.2, -0.15) is 0 Å². The highest BCUT2D eigenvalue weighted by Crippen LogP contribution is 2.32. The van der Waals surface area contributed by atoms with Gasteiger partial charge in [0, 0.05) is 17.3 Å². The van der Waals surface area contributed by atoms with E-state index in [4.69, 9.17) is 0 Å². The molecule has 2 aromatic rings. The number of imidazole rings is 1. The van der Waals surface area contributed by atoms with Gasteiger partial charge in [-0.15, -0.1) is 11.3 Å². The van der Waals surface area contributed by atoms with E-state index < -0.39 is 11.4 Å². The van der Waals surface area contributed by atoms with E-state index in [2.05, 4.69) is 15.0 Å². The van der Waals surface area contributed by atoms with Gasteiger partial charge in [-0.25, -0.2) is 9.97 Å². The molecule has 0 saturated carbocycles. The second-order valence-corrected chi connectivity index (χ2v) is 5.49. The summed E-state index contributed by atoms with van der Waals surface area (Å²) < 4.78 is 0. The van der Waals surface area contributed by atoms with E-state index in [1.54, 1.807) is 26.2 Å². The van der Waals surface area contributed by atoms with Crippen molar-refractivity contribution in [1.29, 1.82) is 0 Å². The van der Waals surface area contributed by atoms with Gasteiger partial charge in [0.15, 0.2) is 10.8 Å². The summed E-state index contributed by atoms with van der Waals surface area (Å²) in [5.41, 5.74) is -0.382. The average Bonchev–Trinajstić information content (AvgIpc) is 2.85. The van der Waals surface area contributed by atoms with Gasteiger partial charge in [0.05, 0.1) is 5.69 Å². The van der Waals surface area contributed by atoms with Crippen molar-refractivity contribution in [3.8, 4) is 10.8 Å². The predicted octanol–water partition coefficient (Wildman–Crippen LogP) is 2.20. The molecule has 0 amide bonds. The molecule has 17 heavy (non-hydrogen) atoms. The normalized spacial score (nSPS) is 11.7. The summed E-state index contributed by atoms with van der Waals surface area (Å²) in [6.45, 7) is 5.19. The van der Waals surface area contributed by atoms with Crippen LogP contribution in [0.15, 0.2) is 12.4 Å². The summed E-state index contributed by atoms with van der Waals surface area (Å²) in [6, 6.07) is 0. The molecule has 0 radical (unpaired) electrons. The van der Waals surface area contributed by atoms with Crippen LogP contribution in [-0.2, 0) is 10.2 Å². The maximum Gasteiger partial charge on any atom is 0.315 e. The third kappa shape index (κ3) is 1.95. The molecule has 0 saturated heterocycles. The second kappa shape index (κ2) is 3.96. The molecule has 0 fully saturated rings. The molecule has 2 rings (SSSR count). The van der Waals surface area contributed by atoms with Crippen LogP contribution in [-0.4, -0.2) is 26.0 Å². The maximum absolute atomic E-state index is 11.2. The predicted molar refractivity (Wildman–Crippen MR) is 65.1 cm³/mol. The van der Waals surface area contributed by atoms with Crippen molar-refractivity contribution in [2.75, 3.05) is 0 Å². The molecule has 2 N–H and O–H groups in total. The molecule has 2 heterocycles. The molecule has 6 heteroatoms. The topological polar surface area (TPSA) is 78.9 Å². The Labute approximate surface area is 103 Å². The van der Waals surface area contributed by atoms with E-state index in [-0.39, 0.29) is 0 Å². The van der Waals surface area contributed by atoms with Crippen LogP contribution in [0.4, 0.5) is 0 Å². The lowest BCUT2D eigenvalue weighted by atomic mass is 9.89. The molecular weight excluding hydrogens is 238 g/mol. The van der Waals surface area contributed by atoms with Crippen LogP contribution in [0.5, 0.6) is 0 Å². The standard InChI is InChI=1S/C11H13N3O2S/c1-6-7(11(2,3)10(15)16)14-9(17-6)8-12-4-5-13-8/h4-5H,1-3H3,(H,12,13)(H,15,16). The highest BCUT2D eigenvalue weighted by molar-refractivity contribution is 7.15. The van der Waals surface area contributed by atoms with Gasteiger partial charge >= 0.3 is 5.97 Å². The van der Waals surface area contributed by atoms with Gasteiger partial charge < -0.3 is 10.1 Å². The van der Waals surface area contributed by atoms with Gasteiger partial charge in [-0.3, -0.25) is 4.79 Å². The van der Waals surface area contributed by atoms with Gasteiger partial charge in [-0.05, 0) is 20.8 Å². The van der Waals surface area contributed by atoms with Crippen molar-refractivity contribution in [3.05, 3.63) is 23.0 Å². The van der Waals surface area contributed by atoms with Gasteiger partial charge in [0.2, 0.25) is 0 Å². The van der Waals surface area contributed by atoms with Crippen molar-refractivity contribution in [2.24, 2.45) is 0 Å². The van der Waals surface area contributed by atoms with E-state index >= 15 is 0 Å². The first-order chi connectivity index (χ1) is 7.93. The molecule has 0 aliphatic heterocycles. The molecular formula is C11H13N3O2S. The van der Waals surface area contributed by atoms with E-state index in [1.165, 1.54) is 11.3 Å². The zero-order valence-corrected chi connectivity index (χ0v) is 10.6. The summed E-state index contributed by atoms with van der Waals surface area (Å²) in [7, 11) is 0. The monoisotopic (exact) mass is 251 g/mol. The minimum Gasteiger partial charge on any atom is -0.481 e. The number of H-pyrrole nitrogens is 1. The van der Waals surface area contributed by atoms with Crippen LogP contribution in [0.25, 0.3) is 10.8 Å². The maximum atomic E-state index is 11.2. The molecule has 0 unspecified atom stereocenters. The van der Waals surface area contributed by atoms with E-state index in [0.717, 1.165) is 9.88 Å². The Morgan fingerprint density at radius 3 is 2.76 bits per heavy atom. The number of aromatic nitrogens is 3. The molecule has 0 bridgehead atoms. The minimum absolute atomic E-state index is 0.599. The number of aliphatic carboxylic acids is 1. The number of nitrogens with one attached hydrogen (secondary N) is 1. The first kappa shape index (κ1) is 11.8. The number of carboxylic acids is 1. The number of hydrogen-bond acceptors (Lipinski definition) is 4. The third-order valence-corrected chi connectivity index (χ3v) is 3.60. The van der Waals surface area contributed by atoms with E-state index in [9.17, 15) is 9.90 Å². The summed E-state index contributed by atoms with van der Waals surface area (Å²) in [6.07, 6.45) is 3.36. The zero-order chi connectivity index (χ0) is 12.6. The van der Waals surface area contributed by atoms with E-state index in [0.29, 0.717) is 11.5 Å². The van der Waals surface area contributed by atoms with Crippen molar-refractivity contribution >= 4 is 17.3 Å². The fourth-order valence-corrected chi connectivity index (χ4v) is 2.59. The Morgan fingerprint density at radius 2 is 2.24 bits per heavy atom. The fourth-order valence-electron chi connectivity index (χ4n) is 1.56. The number of rotatable bonds is 3. The van der Waals surface area contributed by atoms with Crippen LogP contribution in [0.3, 0.4) is 0 Å².